The monoisotopic (exact) mass is 411 g/mol. The number of hydrogen-bond acceptors (Lipinski definition) is 4. The first-order chi connectivity index (χ1) is 13.9. The maximum Gasteiger partial charge on any atom is 0.418 e. The number of carbonyl (C=O) groups excluding carboxylic acids is 1. The second-order valence-corrected chi connectivity index (χ2v) is 6.78. The van der Waals surface area contributed by atoms with E-state index in [1.54, 1.807) is 12.1 Å². The third kappa shape index (κ3) is 6.23. The van der Waals surface area contributed by atoms with Crippen molar-refractivity contribution in [1.29, 1.82) is 0 Å². The van der Waals surface area contributed by atoms with Gasteiger partial charge in [0.2, 0.25) is 0 Å². The van der Waals surface area contributed by atoms with Crippen LogP contribution in [0.25, 0.3) is 0 Å². The fraction of sp³-hybridized carbons (Fsp3) is 0.450. The van der Waals surface area contributed by atoms with Crippen LogP contribution in [-0.2, 0) is 17.5 Å². The lowest BCUT2D eigenvalue weighted by Gasteiger charge is -2.28. The van der Waals surface area contributed by atoms with E-state index < -0.39 is 17.8 Å². The van der Waals surface area contributed by atoms with Crippen molar-refractivity contribution in [3.8, 4) is 0 Å². The van der Waals surface area contributed by atoms with Crippen LogP contribution in [0.1, 0.15) is 17.7 Å². The average Bonchev–Trinajstić information content (AvgIpc) is 3.21. The number of amides is 2. The summed E-state index contributed by atoms with van der Waals surface area (Å²) in [7, 11) is 0. The smallest absolute Gasteiger partial charge is 0.418 e. The Bertz CT molecular complexity index is 775. The minimum absolute atomic E-state index is 0.177. The average molecular weight is 411 g/mol. The van der Waals surface area contributed by atoms with Crippen LogP contribution in [0.5, 0.6) is 0 Å². The molecule has 0 saturated carbocycles. The highest BCUT2D eigenvalue weighted by Gasteiger charge is 2.34. The fourth-order valence-electron chi connectivity index (χ4n) is 3.19. The van der Waals surface area contributed by atoms with Crippen molar-refractivity contribution in [2.24, 2.45) is 0 Å². The molecule has 29 heavy (non-hydrogen) atoms. The number of nitrogens with one attached hydrogen (secondary N) is 1. The standard InChI is InChI=1S/C20H24F3N3O3/c21-20(22,23)17-6-1-2-7-18(17)24-19(27)26(15-16-5-3-12-29-16)9-4-8-25-10-13-28-14-11-25/h1-3,5-7,12H,4,8-11,13-15H2,(H,24,27). The van der Waals surface area contributed by atoms with Crippen LogP contribution in [0.3, 0.4) is 0 Å². The number of benzene rings is 1. The minimum Gasteiger partial charge on any atom is -0.467 e. The van der Waals surface area contributed by atoms with E-state index in [0.29, 0.717) is 31.9 Å². The van der Waals surface area contributed by atoms with E-state index in [-0.39, 0.29) is 12.2 Å². The number of anilines is 1. The van der Waals surface area contributed by atoms with Crippen LogP contribution in [0, 0.1) is 0 Å². The molecule has 0 unspecified atom stereocenters. The van der Waals surface area contributed by atoms with Crippen LogP contribution in [-0.4, -0.2) is 55.2 Å². The zero-order valence-electron chi connectivity index (χ0n) is 16.0. The lowest BCUT2D eigenvalue weighted by atomic mass is 10.1. The highest BCUT2D eigenvalue weighted by molar-refractivity contribution is 5.90. The van der Waals surface area contributed by atoms with Crippen molar-refractivity contribution in [2.75, 3.05) is 44.7 Å². The number of para-hydroxylation sites is 1. The van der Waals surface area contributed by atoms with E-state index in [0.717, 1.165) is 25.7 Å². The third-order valence-corrected chi connectivity index (χ3v) is 4.69. The van der Waals surface area contributed by atoms with Crippen LogP contribution < -0.4 is 5.32 Å². The molecule has 2 aromatic rings. The second kappa shape index (κ2) is 9.80. The van der Waals surface area contributed by atoms with Crippen molar-refractivity contribution < 1.29 is 27.1 Å². The number of halogens is 3. The van der Waals surface area contributed by atoms with Crippen molar-refractivity contribution in [2.45, 2.75) is 19.1 Å². The summed E-state index contributed by atoms with van der Waals surface area (Å²) in [5.41, 5.74) is -1.14. The van der Waals surface area contributed by atoms with Gasteiger partial charge in [-0.3, -0.25) is 4.90 Å². The Morgan fingerprint density at radius 3 is 2.59 bits per heavy atom. The molecule has 1 fully saturated rings. The number of rotatable bonds is 7. The maximum atomic E-state index is 13.2. The summed E-state index contributed by atoms with van der Waals surface area (Å²) >= 11 is 0. The number of furan rings is 1. The van der Waals surface area contributed by atoms with Gasteiger partial charge in [0.25, 0.3) is 0 Å². The molecule has 0 bridgehead atoms. The van der Waals surface area contributed by atoms with Gasteiger partial charge in [-0.25, -0.2) is 4.79 Å². The van der Waals surface area contributed by atoms with Crippen molar-refractivity contribution in [3.63, 3.8) is 0 Å². The van der Waals surface area contributed by atoms with E-state index in [4.69, 9.17) is 9.15 Å². The number of carbonyl (C=O) groups is 1. The van der Waals surface area contributed by atoms with Gasteiger partial charge in [0.15, 0.2) is 0 Å². The Kier molecular flexibility index (Phi) is 7.16. The largest absolute Gasteiger partial charge is 0.467 e. The van der Waals surface area contributed by atoms with Crippen LogP contribution in [0.15, 0.2) is 47.1 Å². The molecule has 3 rings (SSSR count). The van der Waals surface area contributed by atoms with Gasteiger partial charge in [0, 0.05) is 26.2 Å². The molecule has 1 N–H and O–H groups in total. The van der Waals surface area contributed by atoms with Crippen LogP contribution in [0.2, 0.25) is 0 Å². The molecule has 1 aromatic carbocycles. The Hall–Kier alpha value is -2.52. The van der Waals surface area contributed by atoms with Gasteiger partial charge in [-0.1, -0.05) is 12.1 Å². The molecule has 0 spiro atoms. The third-order valence-electron chi connectivity index (χ3n) is 4.69. The van der Waals surface area contributed by atoms with E-state index in [2.05, 4.69) is 10.2 Å². The van der Waals surface area contributed by atoms with E-state index in [1.165, 1.54) is 29.4 Å². The summed E-state index contributed by atoms with van der Waals surface area (Å²) in [6, 6.07) is 7.79. The van der Waals surface area contributed by atoms with Gasteiger partial charge in [0.05, 0.1) is 37.3 Å². The molecule has 1 saturated heterocycles. The second-order valence-electron chi connectivity index (χ2n) is 6.78. The molecule has 0 atom stereocenters. The quantitative estimate of drug-likeness (QED) is 0.747. The SMILES string of the molecule is O=C(Nc1ccccc1C(F)(F)F)N(CCCN1CCOCC1)Cc1ccco1. The lowest BCUT2D eigenvalue weighted by Crippen LogP contribution is -2.40. The zero-order chi connectivity index (χ0) is 20.7. The van der Waals surface area contributed by atoms with Gasteiger partial charge in [-0.2, -0.15) is 13.2 Å². The molecule has 0 aliphatic carbocycles. The normalized spacial score (nSPS) is 15.3. The lowest BCUT2D eigenvalue weighted by molar-refractivity contribution is -0.136. The molecule has 2 heterocycles. The fourth-order valence-corrected chi connectivity index (χ4v) is 3.19. The summed E-state index contributed by atoms with van der Waals surface area (Å²) in [4.78, 5) is 16.5. The molecule has 1 aromatic heterocycles. The summed E-state index contributed by atoms with van der Waals surface area (Å²) in [5.74, 6) is 0.565. The van der Waals surface area contributed by atoms with Crippen LogP contribution in [0.4, 0.5) is 23.7 Å². The predicted molar refractivity (Wildman–Crippen MR) is 101 cm³/mol. The summed E-state index contributed by atoms with van der Waals surface area (Å²) in [5, 5.41) is 2.41. The summed E-state index contributed by atoms with van der Waals surface area (Å²) in [6.07, 6.45) is -2.36. The van der Waals surface area contributed by atoms with E-state index in [9.17, 15) is 18.0 Å². The van der Waals surface area contributed by atoms with Crippen LogP contribution >= 0.6 is 0 Å². The first kappa shape index (κ1) is 21.2. The number of urea groups is 1. The zero-order valence-corrected chi connectivity index (χ0v) is 16.0. The molecule has 158 valence electrons. The van der Waals surface area contributed by atoms with Crippen molar-refractivity contribution in [1.82, 2.24) is 9.80 Å². The van der Waals surface area contributed by atoms with Gasteiger partial charge in [0.1, 0.15) is 5.76 Å². The Morgan fingerprint density at radius 1 is 1.14 bits per heavy atom. The van der Waals surface area contributed by atoms with E-state index in [1.807, 2.05) is 0 Å². The molecule has 1 aliphatic heterocycles. The molecule has 2 amide bonds. The Labute approximate surface area is 167 Å². The van der Waals surface area contributed by atoms with E-state index >= 15 is 0 Å². The van der Waals surface area contributed by atoms with Gasteiger partial charge >= 0.3 is 12.2 Å². The minimum atomic E-state index is -4.55. The van der Waals surface area contributed by atoms with Gasteiger partial charge in [-0.15, -0.1) is 0 Å². The predicted octanol–water partition coefficient (Wildman–Crippen LogP) is 4.05. The van der Waals surface area contributed by atoms with Crippen molar-refractivity contribution in [3.05, 3.63) is 54.0 Å². The maximum absolute atomic E-state index is 13.2. The molecule has 0 radical (unpaired) electrons. The van der Waals surface area contributed by atoms with Crippen molar-refractivity contribution >= 4 is 11.7 Å². The first-order valence-electron chi connectivity index (χ1n) is 9.48. The molecular weight excluding hydrogens is 387 g/mol. The number of nitrogens with zero attached hydrogens (tertiary/aromatic N) is 2. The first-order valence-corrected chi connectivity index (χ1v) is 9.48. The molecule has 9 heteroatoms. The molecular formula is C20H24F3N3O3. The topological polar surface area (TPSA) is 58.0 Å². The molecule has 1 aliphatic rings. The Balaban J connectivity index is 1.65. The number of alkyl halides is 3. The highest BCUT2D eigenvalue weighted by Crippen LogP contribution is 2.34. The number of ether oxygens (including phenoxy) is 1. The summed E-state index contributed by atoms with van der Waals surface area (Å²) in [6.45, 7) is 4.39. The summed E-state index contributed by atoms with van der Waals surface area (Å²) < 4.78 is 50.3. The number of hydrogen-bond donors (Lipinski definition) is 1. The van der Waals surface area contributed by atoms with Gasteiger partial charge < -0.3 is 19.4 Å². The molecule has 6 nitrogen and oxygen atoms in total. The Morgan fingerprint density at radius 2 is 1.90 bits per heavy atom. The van der Waals surface area contributed by atoms with Gasteiger partial charge in [-0.05, 0) is 30.7 Å². The number of morpholine rings is 1. The highest BCUT2D eigenvalue weighted by atomic mass is 19.4.